The van der Waals surface area contributed by atoms with Crippen molar-refractivity contribution in [2.45, 2.75) is 0 Å². The van der Waals surface area contributed by atoms with Gasteiger partial charge < -0.3 is 24.2 Å². The van der Waals surface area contributed by atoms with Gasteiger partial charge in [-0.2, -0.15) is 0 Å². The summed E-state index contributed by atoms with van der Waals surface area (Å²) in [5.74, 6) is -1.19. The van der Waals surface area contributed by atoms with Crippen LogP contribution in [0.2, 0.25) is 0 Å². The van der Waals surface area contributed by atoms with E-state index in [0.717, 1.165) is 0 Å². The second-order valence-corrected chi connectivity index (χ2v) is 4.55. The van der Waals surface area contributed by atoms with E-state index in [0.29, 0.717) is 10.2 Å². The van der Waals surface area contributed by atoms with Crippen LogP contribution in [0.4, 0.5) is 0 Å². The van der Waals surface area contributed by atoms with E-state index in [-0.39, 0.29) is 28.5 Å². The molecule has 2 N–H and O–H groups in total. The second kappa shape index (κ2) is 5.41. The van der Waals surface area contributed by atoms with Crippen LogP contribution in [0.15, 0.2) is 21.1 Å². The first kappa shape index (κ1) is 14.2. The van der Waals surface area contributed by atoms with Gasteiger partial charge in [0.25, 0.3) is 0 Å². The highest BCUT2D eigenvalue weighted by Gasteiger charge is 2.24. The number of carboxylic acid groups (broad SMARTS) is 1. The maximum Gasteiger partial charge on any atom is 0.374 e. The fourth-order valence-electron chi connectivity index (χ4n) is 1.68. The van der Waals surface area contributed by atoms with Gasteiger partial charge in [-0.1, -0.05) is 5.16 Å². The Hall–Kier alpha value is -2.22. The van der Waals surface area contributed by atoms with Crippen molar-refractivity contribution in [3.05, 3.63) is 22.4 Å². The molecule has 1 aromatic carbocycles. The van der Waals surface area contributed by atoms with Gasteiger partial charge in [-0.25, -0.2) is 4.79 Å². The van der Waals surface area contributed by atoms with Crippen LogP contribution in [-0.4, -0.2) is 35.6 Å². The number of phenols is 1. The van der Waals surface area contributed by atoms with Crippen LogP contribution >= 0.6 is 15.9 Å². The summed E-state index contributed by atoms with van der Waals surface area (Å²) in [6.45, 7) is 0. The van der Waals surface area contributed by atoms with E-state index in [1.54, 1.807) is 0 Å². The summed E-state index contributed by atoms with van der Waals surface area (Å²) >= 11 is 3.17. The monoisotopic (exact) mass is 343 g/mol. The Balaban J connectivity index is 2.70. The lowest BCUT2D eigenvalue weighted by Gasteiger charge is -2.13. The molecule has 2 rings (SSSR count). The zero-order valence-electron chi connectivity index (χ0n) is 10.5. The zero-order chi connectivity index (χ0) is 14.9. The molecule has 0 aliphatic carbocycles. The molecule has 8 heteroatoms. The highest BCUT2D eigenvalue weighted by molar-refractivity contribution is 9.10. The van der Waals surface area contributed by atoms with Gasteiger partial charge >= 0.3 is 5.97 Å². The van der Waals surface area contributed by atoms with Crippen molar-refractivity contribution in [3.63, 3.8) is 0 Å². The van der Waals surface area contributed by atoms with Gasteiger partial charge in [0, 0.05) is 12.1 Å². The summed E-state index contributed by atoms with van der Waals surface area (Å²) in [5.41, 5.74) is 0.298. The average Bonchev–Trinajstić information content (AvgIpc) is 2.90. The quantitative estimate of drug-likeness (QED) is 0.879. The van der Waals surface area contributed by atoms with Crippen molar-refractivity contribution < 1.29 is 29.0 Å². The number of hydrogen-bond acceptors (Lipinski definition) is 6. The molecule has 1 heterocycles. The Morgan fingerprint density at radius 3 is 2.55 bits per heavy atom. The van der Waals surface area contributed by atoms with Crippen LogP contribution in [0.1, 0.15) is 10.6 Å². The van der Waals surface area contributed by atoms with Crippen LogP contribution in [0, 0.1) is 0 Å². The minimum Gasteiger partial charge on any atom is -0.506 e. The zero-order valence-corrected chi connectivity index (χ0v) is 12.1. The van der Waals surface area contributed by atoms with Crippen molar-refractivity contribution >= 4 is 21.9 Å². The summed E-state index contributed by atoms with van der Waals surface area (Å²) in [4.78, 5) is 10.8. The van der Waals surface area contributed by atoms with Crippen molar-refractivity contribution in [1.29, 1.82) is 0 Å². The first-order chi connectivity index (χ1) is 9.49. The molecule has 0 unspecified atom stereocenters. The Labute approximate surface area is 121 Å². The molecule has 0 radical (unpaired) electrons. The topological polar surface area (TPSA) is 102 Å². The maximum absolute atomic E-state index is 10.8. The minimum atomic E-state index is -1.26. The lowest BCUT2D eigenvalue weighted by atomic mass is 10.1. The van der Waals surface area contributed by atoms with Crippen molar-refractivity contribution in [2.24, 2.45) is 0 Å². The predicted octanol–water partition coefficient (Wildman–Crippen LogP) is 2.53. The number of rotatable bonds is 4. The van der Waals surface area contributed by atoms with Crippen LogP contribution in [0.25, 0.3) is 11.3 Å². The Morgan fingerprint density at radius 1 is 1.35 bits per heavy atom. The number of methoxy groups -OCH3 is 2. The predicted molar refractivity (Wildman–Crippen MR) is 71.4 cm³/mol. The molecule has 1 aromatic heterocycles. The van der Waals surface area contributed by atoms with Gasteiger partial charge in [-0.05, 0) is 15.9 Å². The Bertz CT molecular complexity index is 666. The lowest BCUT2D eigenvalue weighted by Crippen LogP contribution is -1.95. The third kappa shape index (κ3) is 2.29. The molecular weight excluding hydrogens is 334 g/mol. The highest BCUT2D eigenvalue weighted by Crippen LogP contribution is 2.47. The van der Waals surface area contributed by atoms with Gasteiger partial charge in [-0.15, -0.1) is 0 Å². The molecule has 0 atom stereocenters. The summed E-state index contributed by atoms with van der Waals surface area (Å²) in [6.07, 6.45) is 0. The molecule has 0 aliphatic heterocycles. The van der Waals surface area contributed by atoms with Crippen LogP contribution in [-0.2, 0) is 0 Å². The third-order valence-corrected chi connectivity index (χ3v) is 3.18. The van der Waals surface area contributed by atoms with Gasteiger partial charge in [-0.3, -0.25) is 0 Å². The number of aromatic nitrogens is 1. The molecule has 0 aliphatic rings. The molecule has 0 saturated heterocycles. The van der Waals surface area contributed by atoms with Crippen LogP contribution in [0.3, 0.4) is 0 Å². The number of ether oxygens (including phenoxy) is 2. The van der Waals surface area contributed by atoms with Gasteiger partial charge in [0.1, 0.15) is 11.4 Å². The van der Waals surface area contributed by atoms with E-state index in [1.165, 1.54) is 26.4 Å². The smallest absolute Gasteiger partial charge is 0.374 e. The molecule has 0 amide bonds. The summed E-state index contributed by atoms with van der Waals surface area (Å²) in [6, 6.07) is 2.71. The van der Waals surface area contributed by atoms with E-state index in [2.05, 4.69) is 25.6 Å². The summed E-state index contributed by atoms with van der Waals surface area (Å²) in [7, 11) is 2.84. The standard InChI is InChI=1S/C12H10BrNO6/c1-18-7-3-5(13)10(15)9(11(7)19-2)6-4-8(12(16)17)20-14-6/h3-4,15H,1-2H3,(H,16,17). The Morgan fingerprint density at radius 2 is 2.05 bits per heavy atom. The number of carbonyl (C=O) groups is 1. The summed E-state index contributed by atoms with van der Waals surface area (Å²) in [5, 5.41) is 22.6. The minimum absolute atomic E-state index is 0.122. The fourth-order valence-corrected chi connectivity index (χ4v) is 2.09. The molecule has 0 fully saturated rings. The number of benzene rings is 1. The third-order valence-electron chi connectivity index (χ3n) is 2.57. The van der Waals surface area contributed by atoms with Crippen LogP contribution in [0.5, 0.6) is 17.2 Å². The number of aromatic hydroxyl groups is 1. The molecule has 0 saturated carbocycles. The van der Waals surface area contributed by atoms with Gasteiger partial charge in [0.15, 0.2) is 11.5 Å². The van der Waals surface area contributed by atoms with Gasteiger partial charge in [0.2, 0.25) is 5.76 Å². The second-order valence-electron chi connectivity index (χ2n) is 3.70. The highest BCUT2D eigenvalue weighted by atomic mass is 79.9. The first-order valence-corrected chi connectivity index (χ1v) is 6.12. The maximum atomic E-state index is 10.8. The van der Waals surface area contributed by atoms with Crippen molar-refractivity contribution in [1.82, 2.24) is 5.16 Å². The molecule has 0 bridgehead atoms. The molecule has 20 heavy (non-hydrogen) atoms. The molecule has 0 spiro atoms. The average molecular weight is 344 g/mol. The lowest BCUT2D eigenvalue weighted by molar-refractivity contribution is 0.0652. The number of halogens is 1. The number of aromatic carboxylic acids is 1. The molecule has 2 aromatic rings. The van der Waals surface area contributed by atoms with Crippen molar-refractivity contribution in [3.8, 4) is 28.5 Å². The van der Waals surface area contributed by atoms with E-state index >= 15 is 0 Å². The molecule has 106 valence electrons. The SMILES string of the molecule is COc1cc(Br)c(O)c(-c2cc(C(=O)O)on2)c1OC. The van der Waals surface area contributed by atoms with E-state index < -0.39 is 5.97 Å². The number of nitrogens with zero attached hydrogens (tertiary/aromatic N) is 1. The summed E-state index contributed by atoms with van der Waals surface area (Å²) < 4.78 is 15.4. The van der Waals surface area contributed by atoms with Crippen LogP contribution < -0.4 is 9.47 Å². The van der Waals surface area contributed by atoms with E-state index in [1.807, 2.05) is 0 Å². The van der Waals surface area contributed by atoms with Crippen molar-refractivity contribution in [2.75, 3.05) is 14.2 Å². The number of carboxylic acids is 1. The fraction of sp³-hybridized carbons (Fsp3) is 0.167. The van der Waals surface area contributed by atoms with E-state index in [9.17, 15) is 9.90 Å². The molecule has 7 nitrogen and oxygen atoms in total. The normalized spacial score (nSPS) is 10.3. The number of hydrogen-bond donors (Lipinski definition) is 2. The Kier molecular flexibility index (Phi) is 3.84. The molecular formula is C12H10BrNO6. The van der Waals surface area contributed by atoms with E-state index in [4.69, 9.17) is 14.6 Å². The number of phenolic OH excluding ortho intramolecular Hbond substituents is 1. The largest absolute Gasteiger partial charge is 0.506 e. The van der Waals surface area contributed by atoms with Gasteiger partial charge in [0.05, 0.1) is 24.3 Å². The first-order valence-electron chi connectivity index (χ1n) is 5.33.